The number of allylic oxidation sites excluding steroid dienone is 1. The largest absolute Gasteiger partial charge is 0.389 e. The molecule has 3 saturated carbocycles. The number of ketones is 2. The van der Waals surface area contributed by atoms with Gasteiger partial charge in [-0.25, -0.2) is 0 Å². The van der Waals surface area contributed by atoms with Gasteiger partial charge >= 0.3 is 0 Å². The average Bonchev–Trinajstić information content (AvgIpc) is 3.00. The molecule has 1 heterocycles. The maximum absolute atomic E-state index is 12.4. The molecule has 4 aliphatic carbocycles. The Kier molecular flexibility index (Phi) is 3.78. The quantitative estimate of drug-likeness (QED) is 0.771. The summed E-state index contributed by atoms with van der Waals surface area (Å²) in [6, 6.07) is 0. The predicted molar refractivity (Wildman–Crippen MR) is 96.3 cm³/mol. The third kappa shape index (κ3) is 2.09. The molecule has 1 saturated heterocycles. The van der Waals surface area contributed by atoms with Crippen molar-refractivity contribution in [2.75, 3.05) is 19.8 Å². The lowest BCUT2D eigenvalue weighted by atomic mass is 9.46. The minimum atomic E-state index is -0.313. The Morgan fingerprint density at radius 1 is 1.31 bits per heavy atom. The number of carbonyl (C=O) groups is 2. The molecule has 2 bridgehead atoms. The van der Waals surface area contributed by atoms with Crippen LogP contribution in [0.3, 0.4) is 0 Å². The first kappa shape index (κ1) is 17.1. The zero-order chi connectivity index (χ0) is 18.1. The van der Waals surface area contributed by atoms with Crippen LogP contribution in [0.25, 0.3) is 0 Å². The standard InChI is InChI=1S/C22H30O4/c1-21-7-6-17-15(16(21)4-5-18(21)20(25)10-23)3-2-14-8-19(24)13-9-22(14,17)12-26-11-13/h2,13,15-18,23H,3-12H2,1H3. The van der Waals surface area contributed by atoms with Crippen molar-refractivity contribution in [3.63, 3.8) is 0 Å². The third-order valence-corrected chi connectivity index (χ3v) is 9.08. The summed E-state index contributed by atoms with van der Waals surface area (Å²) in [4.78, 5) is 24.8. The highest BCUT2D eigenvalue weighted by Gasteiger charge is 2.62. The molecule has 0 aromatic heterocycles. The van der Waals surface area contributed by atoms with Gasteiger partial charge in [-0.3, -0.25) is 9.59 Å². The zero-order valence-corrected chi connectivity index (χ0v) is 15.7. The lowest BCUT2D eigenvalue weighted by molar-refractivity contribution is -0.151. The van der Waals surface area contributed by atoms with Crippen molar-refractivity contribution in [2.45, 2.75) is 51.9 Å². The fraction of sp³-hybridized carbons (Fsp3) is 0.818. The summed E-state index contributed by atoms with van der Waals surface area (Å²) in [7, 11) is 0. The van der Waals surface area contributed by atoms with Gasteiger partial charge < -0.3 is 9.84 Å². The second kappa shape index (κ2) is 5.75. The van der Waals surface area contributed by atoms with Crippen LogP contribution in [0.1, 0.15) is 51.9 Å². The van der Waals surface area contributed by atoms with Crippen LogP contribution in [0, 0.1) is 40.4 Å². The summed E-state index contributed by atoms with van der Waals surface area (Å²) in [5, 5.41) is 9.42. The third-order valence-electron chi connectivity index (χ3n) is 9.08. The van der Waals surface area contributed by atoms with Crippen LogP contribution in [-0.4, -0.2) is 36.5 Å². The number of hydrogen-bond acceptors (Lipinski definition) is 4. The summed E-state index contributed by atoms with van der Waals surface area (Å²) in [6.07, 6.45) is 9.31. The first-order valence-electron chi connectivity index (χ1n) is 10.4. The highest BCUT2D eigenvalue weighted by molar-refractivity contribution is 5.85. The lowest BCUT2D eigenvalue weighted by Crippen LogP contribution is -2.57. The Morgan fingerprint density at radius 3 is 2.96 bits per heavy atom. The average molecular weight is 358 g/mol. The van der Waals surface area contributed by atoms with Gasteiger partial charge in [0.25, 0.3) is 0 Å². The molecule has 1 N–H and O–H groups in total. The fourth-order valence-corrected chi connectivity index (χ4v) is 7.87. The minimum Gasteiger partial charge on any atom is -0.389 e. The molecule has 1 spiro atoms. The smallest absolute Gasteiger partial charge is 0.161 e. The Hall–Kier alpha value is -1.00. The molecule has 0 amide bonds. The Balaban J connectivity index is 1.50. The summed E-state index contributed by atoms with van der Waals surface area (Å²) in [5.41, 5.74) is 1.49. The van der Waals surface area contributed by atoms with Gasteiger partial charge in [0.15, 0.2) is 5.78 Å². The summed E-state index contributed by atoms with van der Waals surface area (Å²) >= 11 is 0. The second-order valence-corrected chi connectivity index (χ2v) is 9.86. The van der Waals surface area contributed by atoms with Crippen LogP contribution in [-0.2, 0) is 14.3 Å². The van der Waals surface area contributed by atoms with E-state index in [4.69, 9.17) is 4.74 Å². The topological polar surface area (TPSA) is 63.6 Å². The van der Waals surface area contributed by atoms with E-state index in [9.17, 15) is 14.7 Å². The fourth-order valence-electron chi connectivity index (χ4n) is 7.87. The van der Waals surface area contributed by atoms with Gasteiger partial charge in [-0.05, 0) is 61.7 Å². The van der Waals surface area contributed by atoms with Crippen LogP contribution in [0.4, 0.5) is 0 Å². The van der Waals surface area contributed by atoms with E-state index >= 15 is 0 Å². The predicted octanol–water partition coefficient (Wildman–Crippen LogP) is 2.93. The number of aliphatic hydroxyl groups is 1. The maximum Gasteiger partial charge on any atom is 0.161 e. The molecule has 26 heavy (non-hydrogen) atoms. The Bertz CT molecular complexity index is 682. The van der Waals surface area contributed by atoms with E-state index in [0.29, 0.717) is 36.6 Å². The minimum absolute atomic E-state index is 0.0321. The molecule has 7 unspecified atom stereocenters. The Labute approximate surface area is 155 Å². The molecular formula is C22H30O4. The van der Waals surface area contributed by atoms with Gasteiger partial charge in [-0.1, -0.05) is 18.6 Å². The number of fused-ring (bicyclic) bond motifs is 4. The highest BCUT2D eigenvalue weighted by Crippen LogP contribution is 2.67. The lowest BCUT2D eigenvalue weighted by Gasteiger charge is -2.60. The van der Waals surface area contributed by atoms with Gasteiger partial charge in [-0.2, -0.15) is 0 Å². The first-order chi connectivity index (χ1) is 12.5. The molecule has 0 aromatic carbocycles. The monoisotopic (exact) mass is 358 g/mol. The van der Waals surface area contributed by atoms with Crippen LogP contribution >= 0.6 is 0 Å². The summed E-state index contributed by atoms with van der Waals surface area (Å²) < 4.78 is 5.98. The van der Waals surface area contributed by atoms with Gasteiger partial charge in [0.2, 0.25) is 0 Å². The normalized spacial score (nSPS) is 49.7. The van der Waals surface area contributed by atoms with Crippen LogP contribution in [0.2, 0.25) is 0 Å². The van der Waals surface area contributed by atoms with Gasteiger partial charge in [0.1, 0.15) is 12.4 Å². The van der Waals surface area contributed by atoms with E-state index < -0.39 is 0 Å². The van der Waals surface area contributed by atoms with E-state index in [2.05, 4.69) is 13.0 Å². The molecule has 5 rings (SSSR count). The zero-order valence-electron chi connectivity index (χ0n) is 15.7. The molecule has 5 aliphatic rings. The molecule has 0 aromatic rings. The first-order valence-corrected chi connectivity index (χ1v) is 10.4. The van der Waals surface area contributed by atoms with Gasteiger partial charge in [0, 0.05) is 23.7 Å². The van der Waals surface area contributed by atoms with E-state index in [-0.39, 0.29) is 35.1 Å². The van der Waals surface area contributed by atoms with Crippen LogP contribution in [0.15, 0.2) is 11.6 Å². The molecule has 1 aliphatic heterocycles. The highest BCUT2D eigenvalue weighted by atomic mass is 16.5. The number of hydrogen-bond donors (Lipinski definition) is 1. The van der Waals surface area contributed by atoms with Crippen molar-refractivity contribution in [3.05, 3.63) is 11.6 Å². The molecule has 4 fully saturated rings. The molecular weight excluding hydrogens is 328 g/mol. The second-order valence-electron chi connectivity index (χ2n) is 9.86. The van der Waals surface area contributed by atoms with E-state index in [1.807, 2.05) is 0 Å². The van der Waals surface area contributed by atoms with Crippen molar-refractivity contribution in [1.29, 1.82) is 0 Å². The number of Topliss-reactive ketones (excluding diaryl/α,β-unsaturated/α-hetero) is 2. The van der Waals surface area contributed by atoms with Crippen molar-refractivity contribution >= 4 is 11.6 Å². The summed E-state index contributed by atoms with van der Waals surface area (Å²) in [5.74, 6) is 2.31. The molecule has 4 heteroatoms. The van der Waals surface area contributed by atoms with Crippen LogP contribution in [0.5, 0.6) is 0 Å². The number of ether oxygens (including phenoxy) is 1. The van der Waals surface area contributed by atoms with Crippen molar-refractivity contribution in [1.82, 2.24) is 0 Å². The molecule has 142 valence electrons. The van der Waals surface area contributed by atoms with Crippen molar-refractivity contribution in [2.24, 2.45) is 40.4 Å². The molecule has 7 atom stereocenters. The molecule has 0 radical (unpaired) electrons. The van der Waals surface area contributed by atoms with E-state index in [0.717, 1.165) is 45.1 Å². The summed E-state index contributed by atoms with van der Waals surface area (Å²) in [6.45, 7) is 3.39. The van der Waals surface area contributed by atoms with Crippen LogP contribution < -0.4 is 0 Å². The van der Waals surface area contributed by atoms with Gasteiger partial charge in [-0.15, -0.1) is 0 Å². The number of carbonyl (C=O) groups excluding carboxylic acids is 2. The van der Waals surface area contributed by atoms with E-state index in [1.54, 1.807) is 0 Å². The Morgan fingerprint density at radius 2 is 2.15 bits per heavy atom. The van der Waals surface area contributed by atoms with E-state index in [1.165, 1.54) is 5.57 Å². The van der Waals surface area contributed by atoms with Crippen molar-refractivity contribution in [3.8, 4) is 0 Å². The maximum atomic E-state index is 12.4. The number of rotatable bonds is 2. The SMILES string of the molecule is CC12CCC3C(CC=C4CC(=O)C5COCC43C5)C1CCC2C(=O)CO. The van der Waals surface area contributed by atoms with Gasteiger partial charge in [0.05, 0.1) is 13.2 Å². The number of aliphatic hydroxyl groups excluding tert-OH is 1. The molecule has 4 nitrogen and oxygen atoms in total. The van der Waals surface area contributed by atoms with Crippen molar-refractivity contribution < 1.29 is 19.4 Å².